The molecule has 0 saturated carbocycles. The summed E-state index contributed by atoms with van der Waals surface area (Å²) in [6, 6.07) is 10.4. The van der Waals surface area contributed by atoms with Crippen LogP contribution in [0.1, 0.15) is 5.56 Å². The smallest absolute Gasteiger partial charge is 0.271 e. The number of carbonyl (C=O) groups is 1. The monoisotopic (exact) mass is 419 g/mol. The molecule has 0 bridgehead atoms. The number of nitrogens with one attached hydrogen (secondary N) is 1. The van der Waals surface area contributed by atoms with E-state index in [9.17, 15) is 23.3 Å². The first kappa shape index (κ1) is 21.9. The second-order valence-corrected chi connectivity index (χ2v) is 8.08. The Hall–Kier alpha value is -3.40. The van der Waals surface area contributed by atoms with E-state index in [1.807, 2.05) is 0 Å². The maximum Gasteiger partial charge on any atom is 0.271 e. The first-order chi connectivity index (χ1) is 13.6. The van der Waals surface area contributed by atoms with Crippen molar-refractivity contribution in [2.75, 3.05) is 29.0 Å². The zero-order valence-electron chi connectivity index (χ0n) is 16.0. The van der Waals surface area contributed by atoms with Crippen LogP contribution in [0.2, 0.25) is 0 Å². The predicted octanol–water partition coefficient (Wildman–Crippen LogP) is 2.87. The molecular formula is C19H21N3O6S. The van der Waals surface area contributed by atoms with Crippen molar-refractivity contribution in [3.63, 3.8) is 0 Å². The summed E-state index contributed by atoms with van der Waals surface area (Å²) in [7, 11) is -3.88. The SMILES string of the molecule is C=CCOc1cccc(NC(=O)CN(c2cc([N+](=O)[O-])ccc2C)S(C)(=O)=O)c1. The Balaban J connectivity index is 2.26. The number of benzene rings is 2. The highest BCUT2D eigenvalue weighted by molar-refractivity contribution is 7.92. The van der Waals surface area contributed by atoms with E-state index in [1.54, 1.807) is 37.3 Å². The van der Waals surface area contributed by atoms with Gasteiger partial charge in [-0.1, -0.05) is 24.8 Å². The number of hydrogen-bond acceptors (Lipinski definition) is 6. The molecule has 0 unspecified atom stereocenters. The van der Waals surface area contributed by atoms with Gasteiger partial charge in [0.2, 0.25) is 15.9 Å². The molecule has 1 N–H and O–H groups in total. The van der Waals surface area contributed by atoms with Crippen molar-refractivity contribution < 1.29 is 22.9 Å². The normalized spacial score (nSPS) is 10.8. The number of carbonyl (C=O) groups excluding carboxylic acids is 1. The van der Waals surface area contributed by atoms with Crippen molar-refractivity contribution in [2.24, 2.45) is 0 Å². The molecule has 10 heteroatoms. The number of sulfonamides is 1. The van der Waals surface area contributed by atoms with Gasteiger partial charge in [0.05, 0.1) is 16.9 Å². The molecule has 0 saturated heterocycles. The summed E-state index contributed by atoms with van der Waals surface area (Å²) >= 11 is 0. The summed E-state index contributed by atoms with van der Waals surface area (Å²) in [5.41, 5.74) is 0.695. The van der Waals surface area contributed by atoms with Gasteiger partial charge in [-0.25, -0.2) is 8.42 Å². The predicted molar refractivity (Wildman–Crippen MR) is 111 cm³/mol. The standard InChI is InChI=1S/C19H21N3O6S/c1-4-10-28-17-7-5-6-15(11-17)20-19(23)13-21(29(3,26)27)18-12-16(22(24)25)9-8-14(18)2/h4-9,11-12H,1,10,13H2,2-3H3,(H,20,23). The second-order valence-electron chi connectivity index (χ2n) is 6.17. The molecule has 0 heterocycles. The van der Waals surface area contributed by atoms with E-state index in [1.165, 1.54) is 12.1 Å². The maximum atomic E-state index is 12.5. The third-order valence-corrected chi connectivity index (χ3v) is 4.97. The van der Waals surface area contributed by atoms with Crippen LogP contribution in [0.25, 0.3) is 0 Å². The molecule has 0 aliphatic carbocycles. The third kappa shape index (κ3) is 6.04. The van der Waals surface area contributed by atoms with Crippen LogP contribution in [0, 0.1) is 17.0 Å². The number of anilines is 2. The van der Waals surface area contributed by atoms with Crippen LogP contribution in [-0.4, -0.2) is 38.7 Å². The van der Waals surface area contributed by atoms with Gasteiger partial charge in [0.25, 0.3) is 5.69 Å². The van der Waals surface area contributed by atoms with Crippen LogP contribution in [0.3, 0.4) is 0 Å². The van der Waals surface area contributed by atoms with Crippen LogP contribution in [0.15, 0.2) is 55.1 Å². The molecule has 154 valence electrons. The highest BCUT2D eigenvalue weighted by atomic mass is 32.2. The van der Waals surface area contributed by atoms with Crippen molar-refractivity contribution in [1.82, 2.24) is 0 Å². The largest absolute Gasteiger partial charge is 0.489 e. The number of ether oxygens (including phenoxy) is 1. The average molecular weight is 419 g/mol. The molecular weight excluding hydrogens is 398 g/mol. The van der Waals surface area contributed by atoms with Crippen molar-refractivity contribution in [2.45, 2.75) is 6.92 Å². The lowest BCUT2D eigenvalue weighted by Crippen LogP contribution is -2.37. The Morgan fingerprint density at radius 2 is 2.03 bits per heavy atom. The third-order valence-electron chi connectivity index (χ3n) is 3.85. The number of nitro groups is 1. The van der Waals surface area contributed by atoms with Gasteiger partial charge >= 0.3 is 0 Å². The molecule has 0 fully saturated rings. The van der Waals surface area contributed by atoms with Crippen molar-refractivity contribution >= 4 is 33.0 Å². The molecule has 2 aromatic rings. The van der Waals surface area contributed by atoms with E-state index in [0.29, 0.717) is 23.6 Å². The number of nitrogens with zero attached hydrogens (tertiary/aromatic N) is 2. The van der Waals surface area contributed by atoms with Gasteiger partial charge in [0.15, 0.2) is 0 Å². The number of rotatable bonds is 9. The lowest BCUT2D eigenvalue weighted by atomic mass is 10.2. The molecule has 0 aromatic heterocycles. The van der Waals surface area contributed by atoms with Crippen molar-refractivity contribution in [3.8, 4) is 5.75 Å². The minimum Gasteiger partial charge on any atom is -0.489 e. The van der Waals surface area contributed by atoms with E-state index in [-0.39, 0.29) is 11.4 Å². The van der Waals surface area contributed by atoms with Crippen LogP contribution in [0.5, 0.6) is 5.75 Å². The maximum absolute atomic E-state index is 12.5. The Kier molecular flexibility index (Phi) is 6.94. The van der Waals surface area contributed by atoms with Crippen molar-refractivity contribution in [1.29, 1.82) is 0 Å². The van der Waals surface area contributed by atoms with Crippen LogP contribution in [-0.2, 0) is 14.8 Å². The average Bonchev–Trinajstić information content (AvgIpc) is 2.64. The molecule has 0 spiro atoms. The Morgan fingerprint density at radius 1 is 1.31 bits per heavy atom. The van der Waals surface area contributed by atoms with E-state index in [2.05, 4.69) is 11.9 Å². The highest BCUT2D eigenvalue weighted by Gasteiger charge is 2.24. The zero-order valence-corrected chi connectivity index (χ0v) is 16.8. The number of hydrogen-bond donors (Lipinski definition) is 1. The summed E-state index contributed by atoms with van der Waals surface area (Å²) in [6.07, 6.45) is 2.51. The topological polar surface area (TPSA) is 119 Å². The molecule has 9 nitrogen and oxygen atoms in total. The van der Waals surface area contributed by atoms with Crippen LogP contribution < -0.4 is 14.4 Å². The molecule has 1 amide bonds. The van der Waals surface area contributed by atoms with Gasteiger partial charge in [-0.3, -0.25) is 19.2 Å². The number of non-ortho nitro benzene ring substituents is 1. The number of aryl methyl sites for hydroxylation is 1. The van der Waals surface area contributed by atoms with E-state index < -0.39 is 27.4 Å². The Bertz CT molecular complexity index is 1040. The van der Waals surface area contributed by atoms with Crippen molar-refractivity contribution in [3.05, 3.63) is 70.8 Å². The first-order valence-electron chi connectivity index (χ1n) is 8.48. The molecule has 2 rings (SSSR count). The highest BCUT2D eigenvalue weighted by Crippen LogP contribution is 2.27. The van der Waals surface area contributed by atoms with Crippen LogP contribution >= 0.6 is 0 Å². The van der Waals surface area contributed by atoms with Gasteiger partial charge in [0, 0.05) is 23.9 Å². The summed E-state index contributed by atoms with van der Waals surface area (Å²) in [5, 5.41) is 13.7. The minimum atomic E-state index is -3.88. The lowest BCUT2D eigenvalue weighted by Gasteiger charge is -2.23. The summed E-state index contributed by atoms with van der Waals surface area (Å²) in [6.45, 7) is 4.92. The minimum absolute atomic E-state index is 0.0694. The number of amides is 1. The summed E-state index contributed by atoms with van der Waals surface area (Å²) in [4.78, 5) is 22.9. The van der Waals surface area contributed by atoms with E-state index in [0.717, 1.165) is 16.6 Å². The van der Waals surface area contributed by atoms with Gasteiger partial charge < -0.3 is 10.1 Å². The molecule has 0 aliphatic heterocycles. The van der Waals surface area contributed by atoms with Gasteiger partial charge in [-0.05, 0) is 24.6 Å². The fourth-order valence-electron chi connectivity index (χ4n) is 2.51. The quantitative estimate of drug-likeness (QED) is 0.379. The summed E-state index contributed by atoms with van der Waals surface area (Å²) < 4.78 is 30.8. The molecule has 0 aliphatic rings. The van der Waals surface area contributed by atoms with Gasteiger partial charge in [-0.15, -0.1) is 0 Å². The zero-order chi connectivity index (χ0) is 21.6. The van der Waals surface area contributed by atoms with Gasteiger partial charge in [-0.2, -0.15) is 0 Å². The molecule has 29 heavy (non-hydrogen) atoms. The fraction of sp³-hybridized carbons (Fsp3) is 0.211. The Morgan fingerprint density at radius 3 is 2.66 bits per heavy atom. The Labute approximate surface area is 168 Å². The number of nitro benzene ring substituents is 1. The van der Waals surface area contributed by atoms with Gasteiger partial charge in [0.1, 0.15) is 18.9 Å². The van der Waals surface area contributed by atoms with E-state index in [4.69, 9.17) is 4.74 Å². The molecule has 0 atom stereocenters. The first-order valence-corrected chi connectivity index (χ1v) is 10.3. The lowest BCUT2D eigenvalue weighted by molar-refractivity contribution is -0.384. The second kappa shape index (κ2) is 9.20. The van der Waals surface area contributed by atoms with Crippen LogP contribution in [0.4, 0.5) is 17.1 Å². The molecule has 0 radical (unpaired) electrons. The summed E-state index contributed by atoms with van der Waals surface area (Å²) in [5.74, 6) is -0.0978. The fourth-order valence-corrected chi connectivity index (χ4v) is 3.42. The van der Waals surface area contributed by atoms with E-state index >= 15 is 0 Å². The molecule has 2 aromatic carbocycles.